The van der Waals surface area contributed by atoms with Gasteiger partial charge in [-0.15, -0.1) is 6.58 Å². The molecule has 0 spiro atoms. The van der Waals surface area contributed by atoms with Crippen LogP contribution in [0.4, 0.5) is 0 Å². The molecule has 1 aliphatic rings. The normalized spacial score (nSPS) is 21.0. The Labute approximate surface area is 68.1 Å². The Morgan fingerprint density at radius 1 is 1.55 bits per heavy atom. The summed E-state index contributed by atoms with van der Waals surface area (Å²) in [6, 6.07) is 2.48. The maximum Gasteiger partial charge on any atom is 0.0641 e. The van der Waals surface area contributed by atoms with E-state index in [1.807, 2.05) is 6.08 Å². The summed E-state index contributed by atoms with van der Waals surface area (Å²) in [6.45, 7) is 6.01. The highest BCUT2D eigenvalue weighted by Gasteiger charge is 2.18. The Kier molecular flexibility index (Phi) is 3.13. The molecule has 0 aromatic rings. The Bertz CT molecular complexity index is 163. The molecule has 1 fully saturated rings. The van der Waals surface area contributed by atoms with Crippen LogP contribution in [0.2, 0.25) is 0 Å². The first kappa shape index (κ1) is 8.29. The number of rotatable bonds is 3. The Morgan fingerprint density at radius 2 is 2.18 bits per heavy atom. The Hall–Kier alpha value is -0.810. The second-order valence-corrected chi connectivity index (χ2v) is 2.91. The topological polar surface area (TPSA) is 27.0 Å². The summed E-state index contributed by atoms with van der Waals surface area (Å²) in [5.41, 5.74) is 0. The summed E-state index contributed by atoms with van der Waals surface area (Å²) in [5.74, 6) is 0. The van der Waals surface area contributed by atoms with Crippen molar-refractivity contribution in [3.63, 3.8) is 0 Å². The van der Waals surface area contributed by atoms with Gasteiger partial charge in [0.1, 0.15) is 0 Å². The molecule has 1 rings (SSSR count). The van der Waals surface area contributed by atoms with Crippen molar-refractivity contribution >= 4 is 0 Å². The molecule has 1 saturated heterocycles. The van der Waals surface area contributed by atoms with Gasteiger partial charge in [-0.05, 0) is 25.9 Å². The molecule has 1 unspecified atom stereocenters. The molecule has 1 heterocycles. The van der Waals surface area contributed by atoms with Gasteiger partial charge in [-0.3, -0.25) is 4.90 Å². The summed E-state index contributed by atoms with van der Waals surface area (Å²) in [7, 11) is 0. The van der Waals surface area contributed by atoms with Crippen molar-refractivity contribution in [2.45, 2.75) is 25.3 Å². The van der Waals surface area contributed by atoms with Crippen LogP contribution >= 0.6 is 0 Å². The van der Waals surface area contributed by atoms with Gasteiger partial charge < -0.3 is 0 Å². The van der Waals surface area contributed by atoms with Crippen molar-refractivity contribution in [2.75, 3.05) is 13.1 Å². The number of hydrogen-bond donors (Lipinski definition) is 0. The zero-order valence-corrected chi connectivity index (χ0v) is 6.79. The second kappa shape index (κ2) is 4.15. The third-order valence-electron chi connectivity index (χ3n) is 2.18. The van der Waals surface area contributed by atoms with E-state index in [1.54, 1.807) is 0 Å². The fraction of sp³-hybridized carbons (Fsp3) is 0.667. The van der Waals surface area contributed by atoms with Crippen molar-refractivity contribution in [3.05, 3.63) is 12.7 Å². The number of hydrogen-bond acceptors (Lipinski definition) is 2. The van der Waals surface area contributed by atoms with Crippen LogP contribution in [-0.4, -0.2) is 24.0 Å². The molecule has 2 heteroatoms. The van der Waals surface area contributed by atoms with Crippen molar-refractivity contribution in [1.82, 2.24) is 4.90 Å². The molecule has 0 bridgehead atoms. The Balaban J connectivity index is 2.41. The average Bonchev–Trinajstić information content (AvgIpc) is 2.52. The lowest BCUT2D eigenvalue weighted by molar-refractivity contribution is 0.287. The van der Waals surface area contributed by atoms with Gasteiger partial charge in [-0.25, -0.2) is 0 Å². The molecular formula is C9H14N2. The summed E-state index contributed by atoms with van der Waals surface area (Å²) in [5, 5.41) is 8.50. The van der Waals surface area contributed by atoms with Gasteiger partial charge in [0, 0.05) is 6.04 Å². The molecule has 60 valence electrons. The van der Waals surface area contributed by atoms with E-state index in [1.165, 1.54) is 12.8 Å². The van der Waals surface area contributed by atoms with Crippen LogP contribution in [0.5, 0.6) is 0 Å². The first-order valence-electron chi connectivity index (χ1n) is 4.12. The van der Waals surface area contributed by atoms with E-state index in [4.69, 9.17) is 5.26 Å². The minimum absolute atomic E-state index is 0.294. The highest BCUT2D eigenvalue weighted by Crippen LogP contribution is 2.13. The zero-order chi connectivity index (χ0) is 8.10. The molecule has 0 saturated carbocycles. The molecule has 0 aliphatic carbocycles. The van der Waals surface area contributed by atoms with Crippen LogP contribution in [0.1, 0.15) is 19.3 Å². The zero-order valence-electron chi connectivity index (χ0n) is 6.79. The van der Waals surface area contributed by atoms with Crippen LogP contribution < -0.4 is 0 Å². The van der Waals surface area contributed by atoms with Gasteiger partial charge in [-0.2, -0.15) is 5.26 Å². The van der Waals surface area contributed by atoms with E-state index in [2.05, 4.69) is 17.5 Å². The van der Waals surface area contributed by atoms with Crippen LogP contribution in [0.3, 0.4) is 0 Å². The van der Waals surface area contributed by atoms with E-state index in [0.717, 1.165) is 13.1 Å². The summed E-state index contributed by atoms with van der Waals surface area (Å²) < 4.78 is 0. The van der Waals surface area contributed by atoms with Crippen molar-refractivity contribution in [2.24, 2.45) is 0 Å². The number of nitrogens with zero attached hydrogens (tertiary/aromatic N) is 2. The third kappa shape index (κ3) is 2.06. The fourth-order valence-electron chi connectivity index (χ4n) is 1.53. The van der Waals surface area contributed by atoms with Gasteiger partial charge in [0.25, 0.3) is 0 Å². The molecule has 0 amide bonds. The molecule has 0 aromatic carbocycles. The van der Waals surface area contributed by atoms with Gasteiger partial charge in [-0.1, -0.05) is 6.08 Å². The highest BCUT2D eigenvalue weighted by molar-refractivity contribution is 4.95. The van der Waals surface area contributed by atoms with Gasteiger partial charge in [0.05, 0.1) is 12.5 Å². The molecule has 11 heavy (non-hydrogen) atoms. The minimum atomic E-state index is 0.294. The van der Waals surface area contributed by atoms with Crippen LogP contribution in [-0.2, 0) is 0 Å². The molecule has 1 atom stereocenters. The van der Waals surface area contributed by atoms with Crippen molar-refractivity contribution in [1.29, 1.82) is 5.26 Å². The van der Waals surface area contributed by atoms with E-state index in [-0.39, 0.29) is 0 Å². The van der Waals surface area contributed by atoms with E-state index in [9.17, 15) is 0 Å². The SMILES string of the molecule is C=CC(CC#N)N1CCCC1. The lowest BCUT2D eigenvalue weighted by Crippen LogP contribution is -2.30. The highest BCUT2D eigenvalue weighted by atomic mass is 15.2. The lowest BCUT2D eigenvalue weighted by Gasteiger charge is -2.21. The van der Waals surface area contributed by atoms with Crippen molar-refractivity contribution < 1.29 is 0 Å². The van der Waals surface area contributed by atoms with Crippen LogP contribution in [0.25, 0.3) is 0 Å². The quantitative estimate of drug-likeness (QED) is 0.571. The molecule has 0 radical (unpaired) electrons. The molecule has 0 aromatic heterocycles. The van der Waals surface area contributed by atoms with E-state index in [0.29, 0.717) is 12.5 Å². The smallest absolute Gasteiger partial charge is 0.0641 e. The first-order valence-corrected chi connectivity index (χ1v) is 4.12. The van der Waals surface area contributed by atoms with Gasteiger partial charge in [0.15, 0.2) is 0 Å². The Morgan fingerprint density at radius 3 is 2.64 bits per heavy atom. The van der Waals surface area contributed by atoms with Crippen LogP contribution in [0, 0.1) is 11.3 Å². The molecule has 1 aliphatic heterocycles. The third-order valence-corrected chi connectivity index (χ3v) is 2.18. The number of nitriles is 1. The van der Waals surface area contributed by atoms with E-state index < -0.39 is 0 Å². The predicted octanol–water partition coefficient (Wildman–Crippen LogP) is 1.55. The predicted molar refractivity (Wildman–Crippen MR) is 45.0 cm³/mol. The van der Waals surface area contributed by atoms with E-state index >= 15 is 0 Å². The van der Waals surface area contributed by atoms with Crippen molar-refractivity contribution in [3.8, 4) is 6.07 Å². The van der Waals surface area contributed by atoms with Crippen LogP contribution in [0.15, 0.2) is 12.7 Å². The molecule has 0 N–H and O–H groups in total. The number of likely N-dealkylation sites (tertiary alicyclic amines) is 1. The molecular weight excluding hydrogens is 136 g/mol. The maximum atomic E-state index is 8.50. The largest absolute Gasteiger partial charge is 0.296 e. The minimum Gasteiger partial charge on any atom is -0.296 e. The lowest BCUT2D eigenvalue weighted by atomic mass is 10.2. The first-order chi connectivity index (χ1) is 5.38. The monoisotopic (exact) mass is 150 g/mol. The maximum absolute atomic E-state index is 8.50. The van der Waals surface area contributed by atoms with Gasteiger partial charge in [0.2, 0.25) is 0 Å². The summed E-state index contributed by atoms with van der Waals surface area (Å²) in [6.07, 6.45) is 5.02. The standard InChI is InChI=1S/C9H14N2/c1-2-9(5-6-10)11-7-3-4-8-11/h2,9H,1,3-5,7-8H2. The van der Waals surface area contributed by atoms with Gasteiger partial charge >= 0.3 is 0 Å². The molecule has 2 nitrogen and oxygen atoms in total. The summed E-state index contributed by atoms with van der Waals surface area (Å²) >= 11 is 0. The fourth-order valence-corrected chi connectivity index (χ4v) is 1.53. The summed E-state index contributed by atoms with van der Waals surface area (Å²) in [4.78, 5) is 2.33. The second-order valence-electron chi connectivity index (χ2n) is 2.91. The average molecular weight is 150 g/mol.